The molecule has 0 aromatic rings. The molecule has 1 rings (SSSR count). The van der Waals surface area contributed by atoms with Gasteiger partial charge in [0, 0.05) is 6.42 Å². The van der Waals surface area contributed by atoms with Crippen LogP contribution in [0.25, 0.3) is 0 Å². The number of rotatable bonds is 8. The van der Waals surface area contributed by atoms with Crippen LogP contribution < -0.4 is 0 Å². The Kier molecular flexibility index (Phi) is 8.01. The third kappa shape index (κ3) is 7.34. The predicted molar refractivity (Wildman–Crippen MR) is 66.5 cm³/mol. The van der Waals surface area contributed by atoms with Crippen LogP contribution in [0, 0.1) is 0 Å². The normalized spacial score (nSPS) is 17.0. The maximum absolute atomic E-state index is 11.5. The van der Waals surface area contributed by atoms with Crippen molar-refractivity contribution in [2.75, 3.05) is 26.3 Å². The van der Waals surface area contributed by atoms with Gasteiger partial charge in [-0.1, -0.05) is 39.0 Å². The van der Waals surface area contributed by atoms with Crippen LogP contribution in [0.15, 0.2) is 0 Å². The molecule has 0 unspecified atom stereocenters. The predicted octanol–water partition coefficient (Wildman–Crippen LogP) is 2.53. The molecule has 0 amide bonds. The molecule has 1 saturated heterocycles. The van der Waals surface area contributed by atoms with E-state index in [0.717, 1.165) is 12.8 Å². The van der Waals surface area contributed by atoms with Crippen molar-refractivity contribution in [1.82, 2.24) is 5.06 Å². The molecule has 1 aliphatic heterocycles. The Morgan fingerprint density at radius 3 is 2.47 bits per heavy atom. The van der Waals surface area contributed by atoms with E-state index in [1.165, 1.54) is 25.7 Å². The highest BCUT2D eigenvalue weighted by molar-refractivity contribution is 5.68. The highest BCUT2D eigenvalue weighted by Crippen LogP contribution is 2.08. The molecule has 1 aliphatic rings. The lowest BCUT2D eigenvalue weighted by Crippen LogP contribution is -2.37. The molecule has 0 spiro atoms. The van der Waals surface area contributed by atoms with Crippen molar-refractivity contribution in [1.29, 1.82) is 0 Å². The average molecular weight is 243 g/mol. The first-order valence-corrected chi connectivity index (χ1v) is 6.86. The zero-order chi connectivity index (χ0) is 12.3. The number of nitrogens with zero attached hydrogens (tertiary/aromatic N) is 1. The first-order chi connectivity index (χ1) is 8.33. The number of hydrogen-bond donors (Lipinski definition) is 0. The zero-order valence-corrected chi connectivity index (χ0v) is 11.0. The van der Waals surface area contributed by atoms with E-state index in [9.17, 15) is 4.79 Å². The minimum absolute atomic E-state index is 0.0950. The average Bonchev–Trinajstić information content (AvgIpc) is 2.35. The fourth-order valence-corrected chi connectivity index (χ4v) is 1.88. The van der Waals surface area contributed by atoms with Crippen LogP contribution in [-0.2, 0) is 14.4 Å². The fourth-order valence-electron chi connectivity index (χ4n) is 1.88. The van der Waals surface area contributed by atoms with Gasteiger partial charge < -0.3 is 9.57 Å². The zero-order valence-electron chi connectivity index (χ0n) is 11.0. The summed E-state index contributed by atoms with van der Waals surface area (Å²) in [7, 11) is 0. The Hall–Kier alpha value is -0.610. The monoisotopic (exact) mass is 243 g/mol. The van der Waals surface area contributed by atoms with Crippen LogP contribution in [0.1, 0.15) is 51.9 Å². The third-order valence-corrected chi connectivity index (χ3v) is 2.94. The first-order valence-electron chi connectivity index (χ1n) is 6.86. The van der Waals surface area contributed by atoms with E-state index in [2.05, 4.69) is 6.92 Å². The molecule has 4 nitrogen and oxygen atoms in total. The minimum Gasteiger partial charge on any atom is -0.379 e. The molecule has 0 saturated carbocycles. The summed E-state index contributed by atoms with van der Waals surface area (Å²) in [6.45, 7) is 4.92. The van der Waals surface area contributed by atoms with Crippen molar-refractivity contribution in [3.63, 3.8) is 0 Å². The van der Waals surface area contributed by atoms with Gasteiger partial charge >= 0.3 is 5.97 Å². The van der Waals surface area contributed by atoms with Crippen LogP contribution in [0.4, 0.5) is 0 Å². The van der Waals surface area contributed by atoms with E-state index in [0.29, 0.717) is 32.7 Å². The maximum Gasteiger partial charge on any atom is 0.325 e. The largest absolute Gasteiger partial charge is 0.379 e. The Morgan fingerprint density at radius 1 is 1.12 bits per heavy atom. The maximum atomic E-state index is 11.5. The van der Waals surface area contributed by atoms with E-state index < -0.39 is 0 Å². The Balaban J connectivity index is 1.93. The van der Waals surface area contributed by atoms with Crippen LogP contribution in [0.5, 0.6) is 0 Å². The van der Waals surface area contributed by atoms with Crippen molar-refractivity contribution >= 4 is 5.97 Å². The summed E-state index contributed by atoms with van der Waals surface area (Å²) >= 11 is 0. The van der Waals surface area contributed by atoms with E-state index in [-0.39, 0.29) is 5.97 Å². The summed E-state index contributed by atoms with van der Waals surface area (Å²) in [4.78, 5) is 16.7. The lowest BCUT2D eigenvalue weighted by atomic mass is 10.1. The van der Waals surface area contributed by atoms with Crippen molar-refractivity contribution in [2.45, 2.75) is 51.9 Å². The molecule has 100 valence electrons. The highest BCUT2D eigenvalue weighted by Gasteiger charge is 2.14. The first kappa shape index (κ1) is 14.5. The molecule has 0 aromatic heterocycles. The minimum atomic E-state index is -0.0950. The van der Waals surface area contributed by atoms with E-state index in [1.54, 1.807) is 5.06 Å². The van der Waals surface area contributed by atoms with Crippen LogP contribution >= 0.6 is 0 Å². The second-order valence-corrected chi connectivity index (χ2v) is 4.52. The molecule has 0 aromatic carbocycles. The molecule has 0 aliphatic carbocycles. The van der Waals surface area contributed by atoms with Crippen LogP contribution in [0.2, 0.25) is 0 Å². The standard InChI is InChI=1S/C13H25NO3/c1-2-3-4-5-6-7-8-13(15)17-14-9-11-16-12-10-14/h2-12H2,1H3. The Labute approximate surface area is 104 Å². The molecule has 4 heteroatoms. The molecule has 0 bridgehead atoms. The van der Waals surface area contributed by atoms with Gasteiger partial charge in [-0.2, -0.15) is 0 Å². The van der Waals surface area contributed by atoms with Crippen molar-refractivity contribution < 1.29 is 14.4 Å². The van der Waals surface area contributed by atoms with Gasteiger partial charge in [0.2, 0.25) is 0 Å². The number of unbranched alkanes of at least 4 members (excludes halogenated alkanes) is 5. The summed E-state index contributed by atoms with van der Waals surface area (Å²) < 4.78 is 5.18. The smallest absolute Gasteiger partial charge is 0.325 e. The molecule has 0 atom stereocenters. The molecule has 1 fully saturated rings. The van der Waals surface area contributed by atoms with Gasteiger partial charge in [0.15, 0.2) is 0 Å². The number of carbonyl (C=O) groups is 1. The number of hydroxylamine groups is 2. The van der Waals surface area contributed by atoms with Gasteiger partial charge in [0.1, 0.15) is 0 Å². The van der Waals surface area contributed by atoms with E-state index in [4.69, 9.17) is 9.57 Å². The van der Waals surface area contributed by atoms with Gasteiger partial charge in [-0.05, 0) is 6.42 Å². The van der Waals surface area contributed by atoms with Crippen molar-refractivity contribution in [3.05, 3.63) is 0 Å². The summed E-state index contributed by atoms with van der Waals surface area (Å²) in [6, 6.07) is 0. The third-order valence-electron chi connectivity index (χ3n) is 2.94. The second-order valence-electron chi connectivity index (χ2n) is 4.52. The van der Waals surface area contributed by atoms with Gasteiger partial charge in [-0.25, -0.2) is 0 Å². The quantitative estimate of drug-likeness (QED) is 0.614. The van der Waals surface area contributed by atoms with Gasteiger partial charge in [-0.15, -0.1) is 5.06 Å². The van der Waals surface area contributed by atoms with Gasteiger partial charge in [0.25, 0.3) is 0 Å². The number of hydrogen-bond acceptors (Lipinski definition) is 4. The lowest BCUT2D eigenvalue weighted by Gasteiger charge is -2.24. The second kappa shape index (κ2) is 9.42. The van der Waals surface area contributed by atoms with Crippen LogP contribution in [-0.4, -0.2) is 37.3 Å². The summed E-state index contributed by atoms with van der Waals surface area (Å²) in [5.41, 5.74) is 0. The number of ether oxygens (including phenoxy) is 1. The summed E-state index contributed by atoms with van der Waals surface area (Å²) in [5.74, 6) is -0.0950. The molecule has 1 heterocycles. The Morgan fingerprint density at radius 2 is 1.76 bits per heavy atom. The molecule has 0 N–H and O–H groups in total. The topological polar surface area (TPSA) is 38.8 Å². The van der Waals surface area contributed by atoms with Crippen molar-refractivity contribution in [3.8, 4) is 0 Å². The summed E-state index contributed by atoms with van der Waals surface area (Å²) in [6.07, 6.45) is 7.72. The molecule has 0 radical (unpaired) electrons. The van der Waals surface area contributed by atoms with E-state index in [1.807, 2.05) is 0 Å². The lowest BCUT2D eigenvalue weighted by molar-refractivity contribution is -0.205. The van der Waals surface area contributed by atoms with Gasteiger partial charge in [0.05, 0.1) is 26.3 Å². The number of morpholine rings is 1. The number of carbonyl (C=O) groups excluding carboxylic acids is 1. The molecule has 17 heavy (non-hydrogen) atoms. The van der Waals surface area contributed by atoms with Gasteiger partial charge in [-0.3, -0.25) is 4.79 Å². The van der Waals surface area contributed by atoms with Crippen LogP contribution in [0.3, 0.4) is 0 Å². The van der Waals surface area contributed by atoms with E-state index >= 15 is 0 Å². The summed E-state index contributed by atoms with van der Waals surface area (Å²) in [5, 5.41) is 1.71. The highest BCUT2D eigenvalue weighted by atomic mass is 16.7. The van der Waals surface area contributed by atoms with Crippen molar-refractivity contribution in [2.24, 2.45) is 0 Å². The SMILES string of the molecule is CCCCCCCCC(=O)ON1CCOCC1. The Bertz CT molecular complexity index is 203. The fraction of sp³-hybridized carbons (Fsp3) is 0.923. The molecular formula is C13H25NO3. The molecular weight excluding hydrogens is 218 g/mol.